The Morgan fingerprint density at radius 2 is 1.81 bits per heavy atom. The minimum Gasteiger partial charge on any atom is -0.478 e. The summed E-state index contributed by atoms with van der Waals surface area (Å²) >= 11 is 9.02. The highest BCUT2D eigenvalue weighted by molar-refractivity contribution is 9.10. The molecule has 2 aromatic rings. The zero-order chi connectivity index (χ0) is 15.6. The Morgan fingerprint density at radius 3 is 2.38 bits per heavy atom. The van der Waals surface area contributed by atoms with Gasteiger partial charge in [-0.2, -0.15) is 0 Å². The van der Waals surface area contributed by atoms with Gasteiger partial charge in [-0.25, -0.2) is 4.79 Å². The Morgan fingerprint density at radius 1 is 1.14 bits per heavy atom. The van der Waals surface area contributed by atoms with Crippen LogP contribution in [0.3, 0.4) is 0 Å². The maximum Gasteiger partial charge on any atom is 0.335 e. The van der Waals surface area contributed by atoms with Crippen molar-refractivity contribution in [3.63, 3.8) is 0 Å². The predicted molar refractivity (Wildman–Crippen MR) is 84.9 cm³/mol. The molecule has 5 nitrogen and oxygen atoms in total. The van der Waals surface area contributed by atoms with E-state index in [1.807, 2.05) is 0 Å². The van der Waals surface area contributed by atoms with Crippen LogP contribution in [0.15, 0.2) is 40.9 Å². The lowest BCUT2D eigenvalue weighted by Crippen LogP contribution is -2.13. The van der Waals surface area contributed by atoms with Gasteiger partial charge in [0.05, 0.1) is 22.0 Å². The number of aromatic carboxylic acids is 1. The molecule has 0 heterocycles. The molecule has 0 saturated carbocycles. The lowest BCUT2D eigenvalue weighted by Gasteiger charge is -2.09. The van der Waals surface area contributed by atoms with Crippen LogP contribution in [-0.2, 0) is 0 Å². The van der Waals surface area contributed by atoms with Crippen LogP contribution in [0.1, 0.15) is 20.7 Å². The van der Waals surface area contributed by atoms with Crippen molar-refractivity contribution in [2.75, 3.05) is 11.1 Å². The van der Waals surface area contributed by atoms with E-state index < -0.39 is 5.97 Å². The summed E-state index contributed by atoms with van der Waals surface area (Å²) < 4.78 is 0.470. The number of halogens is 2. The minimum atomic E-state index is -1.04. The molecule has 21 heavy (non-hydrogen) atoms. The molecule has 0 radical (unpaired) electrons. The molecule has 0 aliphatic rings. The van der Waals surface area contributed by atoms with Crippen molar-refractivity contribution < 1.29 is 14.7 Å². The van der Waals surface area contributed by atoms with Gasteiger partial charge in [-0.05, 0) is 52.3 Å². The van der Waals surface area contributed by atoms with Gasteiger partial charge < -0.3 is 16.2 Å². The molecule has 2 aromatic carbocycles. The molecule has 4 N–H and O–H groups in total. The minimum absolute atomic E-state index is 0.121. The number of anilines is 2. The van der Waals surface area contributed by atoms with Gasteiger partial charge >= 0.3 is 5.97 Å². The summed E-state index contributed by atoms with van der Waals surface area (Å²) in [7, 11) is 0. The Labute approximate surface area is 133 Å². The monoisotopic (exact) mass is 368 g/mol. The van der Waals surface area contributed by atoms with Crippen molar-refractivity contribution >= 4 is 50.8 Å². The fourth-order valence-electron chi connectivity index (χ4n) is 1.63. The summed E-state index contributed by atoms with van der Waals surface area (Å²) in [5.74, 6) is -1.42. The van der Waals surface area contributed by atoms with Gasteiger partial charge in [-0.15, -0.1) is 0 Å². The van der Waals surface area contributed by atoms with Gasteiger partial charge in [0.25, 0.3) is 5.91 Å². The van der Waals surface area contributed by atoms with Gasteiger partial charge in [-0.3, -0.25) is 4.79 Å². The number of rotatable bonds is 3. The summed E-state index contributed by atoms with van der Waals surface area (Å²) in [4.78, 5) is 22.9. The zero-order valence-electron chi connectivity index (χ0n) is 10.6. The lowest BCUT2D eigenvalue weighted by molar-refractivity contribution is 0.0696. The molecule has 0 unspecified atom stereocenters. The number of carboxylic acids is 1. The molecule has 108 valence electrons. The lowest BCUT2D eigenvalue weighted by atomic mass is 10.1. The maximum absolute atomic E-state index is 12.1. The Kier molecular flexibility index (Phi) is 4.50. The molecule has 7 heteroatoms. The average Bonchev–Trinajstić information content (AvgIpc) is 2.43. The van der Waals surface area contributed by atoms with Crippen molar-refractivity contribution in [1.82, 2.24) is 0 Å². The maximum atomic E-state index is 12.1. The molecule has 0 spiro atoms. The third-order valence-electron chi connectivity index (χ3n) is 2.72. The van der Waals surface area contributed by atoms with Gasteiger partial charge in [-0.1, -0.05) is 11.6 Å². The topological polar surface area (TPSA) is 92.4 Å². The molecular weight excluding hydrogens is 360 g/mol. The van der Waals surface area contributed by atoms with Gasteiger partial charge in [0.1, 0.15) is 0 Å². The van der Waals surface area contributed by atoms with E-state index in [0.29, 0.717) is 26.4 Å². The molecule has 0 aromatic heterocycles. The van der Waals surface area contributed by atoms with Crippen LogP contribution in [0.2, 0.25) is 5.02 Å². The van der Waals surface area contributed by atoms with E-state index in [9.17, 15) is 9.59 Å². The van der Waals surface area contributed by atoms with Crippen LogP contribution >= 0.6 is 27.5 Å². The number of benzene rings is 2. The first-order chi connectivity index (χ1) is 9.88. The standard InChI is InChI=1S/C14H10BrClN2O3/c15-9-5-8(14(20)21)2-4-12(9)18-13(19)7-1-3-10(16)11(17)6-7/h1-6H,17H2,(H,18,19)(H,20,21). The second-order valence-electron chi connectivity index (χ2n) is 4.19. The number of carbonyl (C=O) groups is 2. The van der Waals surface area contributed by atoms with E-state index in [4.69, 9.17) is 22.4 Å². The highest BCUT2D eigenvalue weighted by Gasteiger charge is 2.11. The number of hydrogen-bond donors (Lipinski definition) is 3. The van der Waals surface area contributed by atoms with Crippen LogP contribution in [0.25, 0.3) is 0 Å². The third-order valence-corrected chi connectivity index (χ3v) is 3.72. The van der Waals surface area contributed by atoms with Gasteiger partial charge in [0.15, 0.2) is 0 Å². The quantitative estimate of drug-likeness (QED) is 0.720. The predicted octanol–water partition coefficient (Wildman–Crippen LogP) is 3.64. The van der Waals surface area contributed by atoms with Crippen LogP contribution in [-0.4, -0.2) is 17.0 Å². The van der Waals surface area contributed by atoms with E-state index in [1.54, 1.807) is 6.07 Å². The summed E-state index contributed by atoms with van der Waals surface area (Å²) in [5, 5.41) is 11.9. The van der Waals surface area contributed by atoms with Crippen molar-refractivity contribution in [2.45, 2.75) is 0 Å². The van der Waals surface area contributed by atoms with Crippen molar-refractivity contribution in [2.24, 2.45) is 0 Å². The van der Waals surface area contributed by atoms with E-state index >= 15 is 0 Å². The Bertz CT molecular complexity index is 734. The summed E-state index contributed by atoms with van der Waals surface area (Å²) in [5.41, 5.74) is 6.89. The number of amides is 1. The van der Waals surface area contributed by atoms with E-state index in [2.05, 4.69) is 21.2 Å². The SMILES string of the molecule is Nc1cc(C(=O)Nc2ccc(C(=O)O)cc2Br)ccc1Cl. The number of nitrogen functional groups attached to an aromatic ring is 1. The summed E-state index contributed by atoms with van der Waals surface area (Å²) in [6.07, 6.45) is 0. The fourth-order valence-corrected chi connectivity index (χ4v) is 2.22. The molecule has 0 saturated heterocycles. The largest absolute Gasteiger partial charge is 0.478 e. The van der Waals surface area contributed by atoms with Crippen LogP contribution in [0.5, 0.6) is 0 Å². The first-order valence-corrected chi connectivity index (χ1v) is 6.95. The van der Waals surface area contributed by atoms with Crippen LogP contribution < -0.4 is 11.1 Å². The summed E-state index contributed by atoms with van der Waals surface area (Å²) in [6.45, 7) is 0. The number of hydrogen-bond acceptors (Lipinski definition) is 3. The Balaban J connectivity index is 2.23. The molecule has 0 aliphatic heterocycles. The van der Waals surface area contributed by atoms with Crippen molar-refractivity contribution in [1.29, 1.82) is 0 Å². The van der Waals surface area contributed by atoms with E-state index in [-0.39, 0.29) is 11.5 Å². The Hall–Kier alpha value is -2.05. The van der Waals surface area contributed by atoms with E-state index in [0.717, 1.165) is 0 Å². The molecular formula is C14H10BrClN2O3. The van der Waals surface area contributed by atoms with Gasteiger partial charge in [0.2, 0.25) is 0 Å². The number of nitrogens with two attached hydrogens (primary N) is 1. The highest BCUT2D eigenvalue weighted by atomic mass is 79.9. The third kappa shape index (κ3) is 3.53. The number of nitrogens with one attached hydrogen (secondary N) is 1. The average molecular weight is 370 g/mol. The molecule has 0 fully saturated rings. The smallest absolute Gasteiger partial charge is 0.335 e. The number of carbonyl (C=O) groups excluding carboxylic acids is 1. The second-order valence-corrected chi connectivity index (χ2v) is 5.45. The molecule has 0 atom stereocenters. The first-order valence-electron chi connectivity index (χ1n) is 5.77. The van der Waals surface area contributed by atoms with Crippen molar-refractivity contribution in [3.8, 4) is 0 Å². The summed E-state index contributed by atoms with van der Waals surface area (Å²) in [6, 6.07) is 8.87. The fraction of sp³-hybridized carbons (Fsp3) is 0. The molecule has 0 aliphatic carbocycles. The highest BCUT2D eigenvalue weighted by Crippen LogP contribution is 2.25. The van der Waals surface area contributed by atoms with Crippen molar-refractivity contribution in [3.05, 3.63) is 57.0 Å². The number of carboxylic acid groups (broad SMARTS) is 1. The molecule has 0 bridgehead atoms. The van der Waals surface area contributed by atoms with Crippen LogP contribution in [0, 0.1) is 0 Å². The first kappa shape index (κ1) is 15.3. The van der Waals surface area contributed by atoms with Crippen LogP contribution in [0.4, 0.5) is 11.4 Å². The zero-order valence-corrected chi connectivity index (χ0v) is 12.9. The van der Waals surface area contributed by atoms with Gasteiger partial charge in [0, 0.05) is 10.0 Å². The normalized spacial score (nSPS) is 10.2. The van der Waals surface area contributed by atoms with E-state index in [1.165, 1.54) is 30.3 Å². The second kappa shape index (κ2) is 6.15. The molecule has 2 rings (SSSR count). The molecule has 1 amide bonds.